The van der Waals surface area contributed by atoms with E-state index in [2.05, 4.69) is 26.0 Å². The van der Waals surface area contributed by atoms with Gasteiger partial charge < -0.3 is 31.2 Å². The Bertz CT molecular complexity index is 1620. The second-order valence-electron chi connectivity index (χ2n) is 11.0. The molecule has 5 N–H and O–H groups in total. The Labute approximate surface area is 247 Å². The predicted octanol–water partition coefficient (Wildman–Crippen LogP) is 5.26. The largest absolute Gasteiger partial charge is 0.444 e. The Balaban J connectivity index is 1.67. The zero-order valence-corrected chi connectivity index (χ0v) is 24.6. The Hall–Kier alpha value is -4.78. The van der Waals surface area contributed by atoms with Gasteiger partial charge in [0.15, 0.2) is 11.6 Å². The molecular formula is C30H35F2N7O4. The van der Waals surface area contributed by atoms with Crippen LogP contribution >= 0.6 is 0 Å². The van der Waals surface area contributed by atoms with Crippen molar-refractivity contribution < 1.29 is 27.8 Å². The van der Waals surface area contributed by atoms with Gasteiger partial charge in [0.25, 0.3) is 5.91 Å². The molecule has 0 aliphatic heterocycles. The van der Waals surface area contributed by atoms with Crippen LogP contribution < -0.4 is 21.7 Å². The minimum absolute atomic E-state index is 0.00623. The molecule has 0 aliphatic carbocycles. The number of halogens is 2. The number of nitrogens with zero attached hydrogens (tertiary/aromatic N) is 3. The highest BCUT2D eigenvalue weighted by atomic mass is 19.1. The van der Waals surface area contributed by atoms with Gasteiger partial charge in [-0.15, -0.1) is 0 Å². The molecule has 2 aromatic heterocycles. The first kappa shape index (κ1) is 31.2. The van der Waals surface area contributed by atoms with Gasteiger partial charge in [0.1, 0.15) is 17.2 Å². The van der Waals surface area contributed by atoms with Gasteiger partial charge in [0.05, 0.1) is 42.5 Å². The molecule has 0 unspecified atom stereocenters. The van der Waals surface area contributed by atoms with E-state index in [1.807, 2.05) is 6.07 Å². The minimum Gasteiger partial charge on any atom is -0.444 e. The summed E-state index contributed by atoms with van der Waals surface area (Å²) in [5.74, 6) is -2.55. The van der Waals surface area contributed by atoms with Gasteiger partial charge in [0, 0.05) is 18.2 Å². The molecule has 4 aromatic rings. The zero-order valence-electron chi connectivity index (χ0n) is 24.6. The van der Waals surface area contributed by atoms with Gasteiger partial charge in [-0.05, 0) is 69.7 Å². The predicted molar refractivity (Wildman–Crippen MR) is 159 cm³/mol. The number of methoxy groups -OCH3 is 1. The lowest BCUT2D eigenvalue weighted by Gasteiger charge is -2.29. The second-order valence-corrected chi connectivity index (χ2v) is 11.0. The van der Waals surface area contributed by atoms with Crippen molar-refractivity contribution in [2.24, 2.45) is 5.73 Å². The number of alkyl carbamates (subject to hydrolysis) is 1. The number of nitrogens with one attached hydrogen (secondary N) is 3. The number of hydrogen-bond donors (Lipinski definition) is 4. The van der Waals surface area contributed by atoms with Crippen LogP contribution in [-0.4, -0.2) is 52.1 Å². The average molecular weight is 596 g/mol. The fourth-order valence-electron chi connectivity index (χ4n) is 4.45. The third-order valence-corrected chi connectivity index (χ3v) is 6.40. The van der Waals surface area contributed by atoms with E-state index in [-0.39, 0.29) is 17.2 Å². The lowest BCUT2D eigenvalue weighted by atomic mass is 10.00. The number of anilines is 3. The van der Waals surface area contributed by atoms with Crippen molar-refractivity contribution in [1.29, 1.82) is 0 Å². The van der Waals surface area contributed by atoms with E-state index in [9.17, 15) is 14.0 Å². The molecule has 4 rings (SSSR count). The summed E-state index contributed by atoms with van der Waals surface area (Å²) < 4.78 is 41.9. The van der Waals surface area contributed by atoms with E-state index in [1.54, 1.807) is 63.9 Å². The first-order chi connectivity index (χ1) is 20.3. The van der Waals surface area contributed by atoms with Gasteiger partial charge >= 0.3 is 6.09 Å². The van der Waals surface area contributed by atoms with Crippen molar-refractivity contribution in [2.45, 2.75) is 51.9 Å². The molecule has 2 amide bonds. The van der Waals surface area contributed by atoms with Crippen molar-refractivity contribution in [3.8, 4) is 0 Å². The first-order valence-corrected chi connectivity index (χ1v) is 13.6. The number of rotatable bonds is 11. The quantitative estimate of drug-likeness (QED) is 0.184. The van der Waals surface area contributed by atoms with Crippen LogP contribution in [-0.2, 0) is 16.0 Å². The van der Waals surface area contributed by atoms with E-state index in [0.29, 0.717) is 24.4 Å². The monoisotopic (exact) mass is 595 g/mol. The fraction of sp³-hybridized carbons (Fsp3) is 0.333. The summed E-state index contributed by atoms with van der Waals surface area (Å²) in [5.41, 5.74) is 6.45. The number of amides is 2. The number of ether oxygens (including phenoxy) is 2. The lowest BCUT2D eigenvalue weighted by Crippen LogP contribution is -2.42. The van der Waals surface area contributed by atoms with Crippen molar-refractivity contribution in [3.05, 3.63) is 77.5 Å². The zero-order chi connectivity index (χ0) is 31.3. The van der Waals surface area contributed by atoms with Gasteiger partial charge in [-0.1, -0.05) is 12.1 Å². The van der Waals surface area contributed by atoms with Gasteiger partial charge in [-0.3, -0.25) is 9.48 Å². The summed E-state index contributed by atoms with van der Waals surface area (Å²) in [4.78, 5) is 29.1. The molecule has 2 aromatic carbocycles. The molecular weight excluding hydrogens is 560 g/mol. The molecule has 0 saturated carbocycles. The summed E-state index contributed by atoms with van der Waals surface area (Å²) in [7, 11) is 1.61. The van der Waals surface area contributed by atoms with E-state index >= 15 is 4.39 Å². The number of benzene rings is 2. The standard InChI is InChI=1S/C30H35F2N7O4/c1-17(35-29(41)43-30(2,3)4)25(18-7-6-8-20(31)13-18)37-28-23(32)15-22(26(33)40)27(38-28)36-21-9-10-24-19(14-21)16-34-39(24)11-12-42-5/h6-10,13-17,25H,11-12H2,1-5H3,(H2,33,40)(H,35,41)(H2,36,37,38)/t17-,25-/m0/s1. The van der Waals surface area contributed by atoms with Crippen LogP contribution in [0.15, 0.2) is 54.7 Å². The highest BCUT2D eigenvalue weighted by Gasteiger charge is 2.27. The van der Waals surface area contributed by atoms with Crippen LogP contribution in [0.1, 0.15) is 49.7 Å². The van der Waals surface area contributed by atoms with E-state index in [0.717, 1.165) is 17.0 Å². The number of carbonyl (C=O) groups is 2. The highest BCUT2D eigenvalue weighted by Crippen LogP contribution is 2.29. The summed E-state index contributed by atoms with van der Waals surface area (Å²) in [5, 5.41) is 13.9. The third-order valence-electron chi connectivity index (χ3n) is 6.40. The average Bonchev–Trinajstić information content (AvgIpc) is 3.32. The van der Waals surface area contributed by atoms with E-state index < -0.39 is 41.3 Å². The van der Waals surface area contributed by atoms with E-state index in [1.165, 1.54) is 18.2 Å². The topological polar surface area (TPSA) is 145 Å². The number of carbonyl (C=O) groups excluding carboxylic acids is 2. The Morgan fingerprint density at radius 1 is 1.09 bits per heavy atom. The van der Waals surface area contributed by atoms with Crippen LogP contribution in [0.4, 0.5) is 30.9 Å². The van der Waals surface area contributed by atoms with Crippen LogP contribution in [0.3, 0.4) is 0 Å². The maximum atomic E-state index is 15.4. The second kappa shape index (κ2) is 13.0. The molecule has 0 spiro atoms. The van der Waals surface area contributed by atoms with E-state index in [4.69, 9.17) is 15.2 Å². The van der Waals surface area contributed by atoms with Crippen molar-refractivity contribution in [2.75, 3.05) is 24.4 Å². The molecule has 11 nitrogen and oxygen atoms in total. The minimum atomic E-state index is -0.893. The molecule has 228 valence electrons. The van der Waals surface area contributed by atoms with Gasteiger partial charge in [-0.2, -0.15) is 5.10 Å². The van der Waals surface area contributed by atoms with Gasteiger partial charge in [-0.25, -0.2) is 18.6 Å². The maximum Gasteiger partial charge on any atom is 0.407 e. The number of hydrogen-bond acceptors (Lipinski definition) is 8. The molecule has 0 aliphatic rings. The highest BCUT2D eigenvalue weighted by molar-refractivity contribution is 5.99. The molecule has 2 atom stereocenters. The van der Waals surface area contributed by atoms with Gasteiger partial charge in [0.2, 0.25) is 0 Å². The van der Waals surface area contributed by atoms with Crippen LogP contribution in [0.25, 0.3) is 10.9 Å². The summed E-state index contributed by atoms with van der Waals surface area (Å²) >= 11 is 0. The van der Waals surface area contributed by atoms with Crippen molar-refractivity contribution in [1.82, 2.24) is 20.1 Å². The summed E-state index contributed by atoms with van der Waals surface area (Å²) in [6, 6.07) is 10.5. The fourth-order valence-corrected chi connectivity index (χ4v) is 4.45. The number of nitrogens with two attached hydrogens (primary N) is 1. The lowest BCUT2D eigenvalue weighted by molar-refractivity contribution is 0.0503. The Morgan fingerprint density at radius 3 is 2.53 bits per heavy atom. The van der Waals surface area contributed by atoms with Crippen molar-refractivity contribution >= 4 is 40.2 Å². The third kappa shape index (κ3) is 7.95. The molecule has 0 saturated heterocycles. The number of fused-ring (bicyclic) bond motifs is 1. The summed E-state index contributed by atoms with van der Waals surface area (Å²) in [6.07, 6.45) is 0.989. The van der Waals surface area contributed by atoms with Crippen LogP contribution in [0.5, 0.6) is 0 Å². The molecule has 0 fully saturated rings. The smallest absolute Gasteiger partial charge is 0.407 e. The molecule has 13 heteroatoms. The number of primary amides is 1. The van der Waals surface area contributed by atoms with Crippen LogP contribution in [0.2, 0.25) is 0 Å². The van der Waals surface area contributed by atoms with Crippen molar-refractivity contribution in [3.63, 3.8) is 0 Å². The SMILES string of the molecule is COCCn1ncc2cc(Nc3nc(N[C@H](c4cccc(F)c4)[C@H](C)NC(=O)OC(C)(C)C)c(F)cc3C(N)=O)ccc21. The Kier molecular flexibility index (Phi) is 9.44. The summed E-state index contributed by atoms with van der Waals surface area (Å²) in [6.45, 7) is 7.89. The number of pyridine rings is 1. The first-order valence-electron chi connectivity index (χ1n) is 13.6. The molecule has 43 heavy (non-hydrogen) atoms. The maximum absolute atomic E-state index is 15.4. The molecule has 0 bridgehead atoms. The normalized spacial score (nSPS) is 12.9. The van der Waals surface area contributed by atoms with Crippen LogP contribution in [0, 0.1) is 11.6 Å². The Morgan fingerprint density at radius 2 is 1.86 bits per heavy atom. The molecule has 2 heterocycles. The number of aromatic nitrogens is 3. The molecule has 0 radical (unpaired) electrons.